The van der Waals surface area contributed by atoms with Crippen molar-refractivity contribution in [2.45, 2.75) is 57.4 Å². The minimum atomic E-state index is -0.00619. The normalized spacial score (nSPS) is 31.0. The molecule has 0 aromatic carbocycles. The fourth-order valence-electron chi connectivity index (χ4n) is 5.33. The summed E-state index contributed by atoms with van der Waals surface area (Å²) in [7, 11) is 0. The molecule has 4 aliphatic rings. The molecule has 0 radical (unpaired) electrons. The fraction of sp³-hybridized carbons (Fsp3) is 0.700. The maximum Gasteiger partial charge on any atom is 0.315 e. The van der Waals surface area contributed by atoms with Gasteiger partial charge in [-0.2, -0.15) is 0 Å². The monoisotopic (exact) mass is 340 g/mol. The second-order valence-electron chi connectivity index (χ2n) is 8.71. The summed E-state index contributed by atoms with van der Waals surface area (Å²) in [6.45, 7) is 2.91. The smallest absolute Gasteiger partial charge is 0.315 e. The lowest BCUT2D eigenvalue weighted by Crippen LogP contribution is -2.51. The van der Waals surface area contributed by atoms with Crippen LogP contribution in [-0.2, 0) is 6.42 Å². The number of urea groups is 1. The predicted molar refractivity (Wildman–Crippen MR) is 97.7 cm³/mol. The number of nitrogens with zero attached hydrogens (tertiary/aromatic N) is 2. The van der Waals surface area contributed by atoms with Crippen LogP contribution in [0, 0.1) is 10.8 Å². The SMILES string of the molecule is O=C(NCCc1ccc(N2CCC2)nc1)NC1CC2(C1)CC21CCC1. The third-order valence-corrected chi connectivity index (χ3v) is 7.29. The van der Waals surface area contributed by atoms with Crippen LogP contribution < -0.4 is 15.5 Å². The molecular formula is C20H28N4O. The summed E-state index contributed by atoms with van der Waals surface area (Å²) in [5.41, 5.74) is 2.53. The molecule has 0 bridgehead atoms. The van der Waals surface area contributed by atoms with Gasteiger partial charge < -0.3 is 15.5 Å². The van der Waals surface area contributed by atoms with E-state index >= 15 is 0 Å². The van der Waals surface area contributed by atoms with E-state index in [9.17, 15) is 4.79 Å². The lowest BCUT2D eigenvalue weighted by atomic mass is 9.65. The molecule has 0 unspecified atom stereocenters. The van der Waals surface area contributed by atoms with Crippen LogP contribution in [0.1, 0.15) is 50.5 Å². The zero-order valence-corrected chi connectivity index (χ0v) is 14.9. The summed E-state index contributed by atoms with van der Waals surface area (Å²) in [6, 6.07) is 4.61. The molecule has 0 atom stereocenters. The fourth-order valence-corrected chi connectivity index (χ4v) is 5.33. The predicted octanol–water partition coefficient (Wildman–Crippen LogP) is 2.86. The summed E-state index contributed by atoms with van der Waals surface area (Å²) in [5.74, 6) is 1.07. The molecule has 5 nitrogen and oxygen atoms in total. The summed E-state index contributed by atoms with van der Waals surface area (Å²) in [5, 5.41) is 6.15. The van der Waals surface area contributed by atoms with Crippen molar-refractivity contribution in [2.75, 3.05) is 24.5 Å². The average molecular weight is 340 g/mol. The third kappa shape index (κ3) is 2.59. The quantitative estimate of drug-likeness (QED) is 0.866. The van der Waals surface area contributed by atoms with E-state index in [1.165, 1.54) is 50.5 Å². The summed E-state index contributed by atoms with van der Waals surface area (Å²) in [6.07, 6.45) is 12.2. The van der Waals surface area contributed by atoms with Crippen molar-refractivity contribution >= 4 is 11.8 Å². The minimum absolute atomic E-state index is 0.00619. The number of hydrogen-bond donors (Lipinski definition) is 2. The van der Waals surface area contributed by atoms with E-state index in [4.69, 9.17) is 0 Å². The first-order chi connectivity index (χ1) is 12.2. The molecule has 5 rings (SSSR count). The summed E-state index contributed by atoms with van der Waals surface area (Å²) in [4.78, 5) is 18.9. The van der Waals surface area contributed by atoms with Crippen LogP contribution in [0.4, 0.5) is 10.6 Å². The van der Waals surface area contributed by atoms with Crippen molar-refractivity contribution in [2.24, 2.45) is 10.8 Å². The van der Waals surface area contributed by atoms with Gasteiger partial charge in [0.2, 0.25) is 0 Å². The number of carbonyl (C=O) groups excluding carboxylic acids is 1. The van der Waals surface area contributed by atoms with Crippen LogP contribution in [0.25, 0.3) is 0 Å². The van der Waals surface area contributed by atoms with Gasteiger partial charge in [-0.15, -0.1) is 0 Å². The third-order valence-electron chi connectivity index (χ3n) is 7.29. The molecule has 2 spiro atoms. The standard InChI is InChI=1S/C20H28N4O/c25-18(23-16-11-20(12-16)14-19(20)6-1-7-19)21-8-5-15-3-4-17(22-13-15)24-9-2-10-24/h3-4,13,16H,1-2,5-12,14H2,(H2,21,23,25). The van der Waals surface area contributed by atoms with Crippen molar-refractivity contribution in [3.63, 3.8) is 0 Å². The molecule has 1 aliphatic heterocycles. The number of nitrogens with one attached hydrogen (secondary N) is 2. The van der Waals surface area contributed by atoms with Crippen LogP contribution in [-0.4, -0.2) is 36.7 Å². The molecule has 2 heterocycles. The zero-order chi connectivity index (χ0) is 16.9. The van der Waals surface area contributed by atoms with Gasteiger partial charge in [-0.25, -0.2) is 9.78 Å². The number of fused-ring (bicyclic) bond motifs is 1. The Morgan fingerprint density at radius 3 is 2.60 bits per heavy atom. The Morgan fingerprint density at radius 2 is 2.04 bits per heavy atom. The Labute approximate surface area is 149 Å². The molecule has 2 amide bonds. The van der Waals surface area contributed by atoms with E-state index < -0.39 is 0 Å². The summed E-state index contributed by atoms with van der Waals surface area (Å²) < 4.78 is 0. The maximum atomic E-state index is 12.1. The van der Waals surface area contributed by atoms with Gasteiger partial charge in [0.25, 0.3) is 0 Å². The van der Waals surface area contributed by atoms with Gasteiger partial charge in [0.05, 0.1) is 0 Å². The van der Waals surface area contributed by atoms with Gasteiger partial charge >= 0.3 is 6.03 Å². The lowest BCUT2D eigenvalue weighted by molar-refractivity contribution is 0.0969. The molecule has 3 saturated carbocycles. The van der Waals surface area contributed by atoms with Crippen molar-refractivity contribution in [3.8, 4) is 0 Å². The van der Waals surface area contributed by atoms with Crippen LogP contribution in [0.2, 0.25) is 0 Å². The van der Waals surface area contributed by atoms with Crippen molar-refractivity contribution < 1.29 is 4.79 Å². The highest BCUT2D eigenvalue weighted by Gasteiger charge is 2.73. The number of aromatic nitrogens is 1. The first kappa shape index (κ1) is 15.5. The van der Waals surface area contributed by atoms with Crippen LogP contribution in [0.5, 0.6) is 0 Å². The molecule has 3 aliphatic carbocycles. The van der Waals surface area contributed by atoms with Gasteiger partial charge in [-0.1, -0.05) is 12.5 Å². The van der Waals surface area contributed by atoms with E-state index in [1.54, 1.807) is 0 Å². The molecule has 1 aromatic rings. The highest BCUT2D eigenvalue weighted by molar-refractivity contribution is 5.74. The molecule has 1 saturated heterocycles. The second-order valence-corrected chi connectivity index (χ2v) is 8.71. The van der Waals surface area contributed by atoms with Gasteiger partial charge in [-0.05, 0) is 67.4 Å². The van der Waals surface area contributed by atoms with Gasteiger partial charge in [0.15, 0.2) is 0 Å². The number of anilines is 1. The number of pyridine rings is 1. The molecule has 1 aromatic heterocycles. The first-order valence-corrected chi connectivity index (χ1v) is 9.92. The summed E-state index contributed by atoms with van der Waals surface area (Å²) >= 11 is 0. The van der Waals surface area contributed by atoms with Crippen molar-refractivity contribution in [1.29, 1.82) is 0 Å². The van der Waals surface area contributed by atoms with Crippen molar-refractivity contribution in [3.05, 3.63) is 23.9 Å². The van der Waals surface area contributed by atoms with Gasteiger partial charge in [-0.3, -0.25) is 0 Å². The maximum absolute atomic E-state index is 12.1. The Kier molecular flexibility index (Phi) is 3.47. The Hall–Kier alpha value is -1.78. The molecule has 25 heavy (non-hydrogen) atoms. The molecule has 5 heteroatoms. The molecular weight excluding hydrogens is 312 g/mol. The van der Waals surface area contributed by atoms with E-state index in [0.29, 0.717) is 18.0 Å². The van der Waals surface area contributed by atoms with Gasteiger partial charge in [0, 0.05) is 31.9 Å². The second kappa shape index (κ2) is 5.61. The highest BCUT2D eigenvalue weighted by Crippen LogP contribution is 2.81. The Balaban J connectivity index is 1.01. The zero-order valence-electron chi connectivity index (χ0n) is 14.9. The van der Waals surface area contributed by atoms with Crippen LogP contribution >= 0.6 is 0 Å². The van der Waals surface area contributed by atoms with E-state index in [2.05, 4.69) is 32.7 Å². The number of hydrogen-bond acceptors (Lipinski definition) is 3. The topological polar surface area (TPSA) is 57.3 Å². The Morgan fingerprint density at radius 1 is 1.20 bits per heavy atom. The highest BCUT2D eigenvalue weighted by atomic mass is 16.2. The molecule has 134 valence electrons. The average Bonchev–Trinajstić information content (AvgIpc) is 3.18. The van der Waals surface area contributed by atoms with E-state index in [1.807, 2.05) is 6.20 Å². The largest absolute Gasteiger partial charge is 0.356 e. The van der Waals surface area contributed by atoms with E-state index in [0.717, 1.165) is 30.7 Å². The number of rotatable bonds is 5. The van der Waals surface area contributed by atoms with Crippen LogP contribution in [0.15, 0.2) is 18.3 Å². The minimum Gasteiger partial charge on any atom is -0.356 e. The number of carbonyl (C=O) groups is 1. The first-order valence-electron chi connectivity index (χ1n) is 9.92. The molecule has 4 fully saturated rings. The lowest BCUT2D eigenvalue weighted by Gasteiger charge is -2.43. The van der Waals surface area contributed by atoms with E-state index in [-0.39, 0.29) is 6.03 Å². The number of amides is 2. The molecule has 2 N–H and O–H groups in total. The van der Waals surface area contributed by atoms with Crippen molar-refractivity contribution in [1.82, 2.24) is 15.6 Å². The Bertz CT molecular complexity index is 657. The van der Waals surface area contributed by atoms with Crippen LogP contribution in [0.3, 0.4) is 0 Å². The van der Waals surface area contributed by atoms with Gasteiger partial charge in [0.1, 0.15) is 5.82 Å².